The molecule has 0 unspecified atom stereocenters. The number of alkyl carbamates (subject to hydrolysis) is 1. The highest BCUT2D eigenvalue weighted by atomic mass is 16.5. The van der Waals surface area contributed by atoms with Crippen LogP contribution in [0.5, 0.6) is 0 Å². The van der Waals surface area contributed by atoms with Gasteiger partial charge in [0.25, 0.3) is 0 Å². The number of carbonyl (C=O) groups is 3. The first-order chi connectivity index (χ1) is 17.0. The van der Waals surface area contributed by atoms with Crippen molar-refractivity contribution in [3.63, 3.8) is 0 Å². The van der Waals surface area contributed by atoms with E-state index in [9.17, 15) is 19.5 Å². The zero-order valence-electron chi connectivity index (χ0n) is 19.6. The fourth-order valence-corrected chi connectivity index (χ4v) is 5.25. The second kappa shape index (κ2) is 11.4. The molecule has 4 N–H and O–H groups in total. The van der Waals surface area contributed by atoms with Crippen LogP contribution in [-0.4, -0.2) is 53.5 Å². The summed E-state index contributed by atoms with van der Waals surface area (Å²) in [4.78, 5) is 37.1. The summed E-state index contributed by atoms with van der Waals surface area (Å²) >= 11 is 0. The molecular formula is C27H32N2O6. The van der Waals surface area contributed by atoms with E-state index in [1.165, 1.54) is 0 Å². The Morgan fingerprint density at radius 1 is 0.943 bits per heavy atom. The van der Waals surface area contributed by atoms with Gasteiger partial charge in [0.05, 0.1) is 5.92 Å². The van der Waals surface area contributed by atoms with E-state index < -0.39 is 36.0 Å². The SMILES string of the molecule is O=C(N[C@H]1CCCCC[C@H]1C(=O)N[C@H](CCO)C(=O)O)OCC1c2ccccc2-c2ccccc21. The van der Waals surface area contributed by atoms with Gasteiger partial charge in [0.1, 0.15) is 12.6 Å². The van der Waals surface area contributed by atoms with Gasteiger partial charge in [0, 0.05) is 25.0 Å². The van der Waals surface area contributed by atoms with Gasteiger partial charge in [-0.15, -0.1) is 0 Å². The number of aliphatic hydroxyl groups excluding tert-OH is 1. The quantitative estimate of drug-likeness (QED) is 0.429. The maximum absolute atomic E-state index is 12.9. The molecule has 0 saturated heterocycles. The number of rotatable bonds is 8. The van der Waals surface area contributed by atoms with E-state index in [0.29, 0.717) is 12.8 Å². The minimum Gasteiger partial charge on any atom is -0.480 e. The predicted molar refractivity (Wildman–Crippen MR) is 130 cm³/mol. The third-order valence-electron chi connectivity index (χ3n) is 7.03. The van der Waals surface area contributed by atoms with Crippen LogP contribution in [0.3, 0.4) is 0 Å². The molecule has 4 rings (SSSR count). The number of benzene rings is 2. The molecule has 0 bridgehead atoms. The Kier molecular flexibility index (Phi) is 8.02. The average molecular weight is 481 g/mol. The van der Waals surface area contributed by atoms with Crippen molar-refractivity contribution in [2.24, 2.45) is 5.92 Å². The number of nitrogens with one attached hydrogen (secondary N) is 2. The number of ether oxygens (including phenoxy) is 1. The minimum atomic E-state index is -1.19. The van der Waals surface area contributed by atoms with Crippen molar-refractivity contribution in [1.29, 1.82) is 0 Å². The Labute approximate surface area is 204 Å². The molecule has 3 atom stereocenters. The van der Waals surface area contributed by atoms with Crippen LogP contribution in [0, 0.1) is 5.92 Å². The first kappa shape index (κ1) is 24.7. The molecule has 0 aromatic heterocycles. The second-order valence-corrected chi connectivity index (χ2v) is 9.23. The molecule has 0 heterocycles. The fraction of sp³-hybridized carbons (Fsp3) is 0.444. The summed E-state index contributed by atoms with van der Waals surface area (Å²) in [6.07, 6.45) is 3.12. The van der Waals surface area contributed by atoms with E-state index in [1.54, 1.807) is 0 Å². The first-order valence-corrected chi connectivity index (χ1v) is 12.2. The van der Waals surface area contributed by atoms with Gasteiger partial charge in [-0.3, -0.25) is 4.79 Å². The summed E-state index contributed by atoms with van der Waals surface area (Å²) in [6.45, 7) is -0.162. The van der Waals surface area contributed by atoms with Crippen molar-refractivity contribution in [3.8, 4) is 11.1 Å². The summed E-state index contributed by atoms with van der Waals surface area (Å²) < 4.78 is 5.66. The molecule has 0 spiro atoms. The van der Waals surface area contributed by atoms with Crippen molar-refractivity contribution >= 4 is 18.0 Å². The topological polar surface area (TPSA) is 125 Å². The van der Waals surface area contributed by atoms with Gasteiger partial charge in [0.15, 0.2) is 0 Å². The zero-order chi connectivity index (χ0) is 24.8. The molecule has 0 radical (unpaired) electrons. The van der Waals surface area contributed by atoms with E-state index in [2.05, 4.69) is 34.9 Å². The van der Waals surface area contributed by atoms with Crippen LogP contribution < -0.4 is 10.6 Å². The third-order valence-corrected chi connectivity index (χ3v) is 7.03. The molecule has 2 aromatic rings. The number of hydrogen-bond donors (Lipinski definition) is 4. The van der Waals surface area contributed by atoms with Gasteiger partial charge in [-0.1, -0.05) is 67.8 Å². The van der Waals surface area contributed by atoms with Crippen LogP contribution in [0.4, 0.5) is 4.79 Å². The van der Waals surface area contributed by atoms with Gasteiger partial charge in [-0.25, -0.2) is 9.59 Å². The molecule has 1 fully saturated rings. The lowest BCUT2D eigenvalue weighted by Crippen LogP contribution is -2.50. The standard InChI is InChI=1S/C27H32N2O6/c30-15-14-24(26(32)33)28-25(31)21-12-2-1-3-13-23(21)29-27(34)35-16-22-19-10-6-4-8-17(19)18-9-5-7-11-20(18)22/h4-11,21-24,30H,1-3,12-16H2,(H,28,31)(H,29,34)(H,32,33)/t21-,23+,24-/m1/s1. The minimum absolute atomic E-state index is 0.0591. The van der Waals surface area contributed by atoms with Gasteiger partial charge < -0.3 is 25.6 Å². The summed E-state index contributed by atoms with van der Waals surface area (Å²) in [5.41, 5.74) is 4.54. The Morgan fingerprint density at radius 3 is 2.20 bits per heavy atom. The third kappa shape index (κ3) is 5.65. The molecule has 35 heavy (non-hydrogen) atoms. The lowest BCUT2D eigenvalue weighted by molar-refractivity contribution is -0.143. The molecule has 186 valence electrons. The summed E-state index contributed by atoms with van der Waals surface area (Å²) in [5, 5.41) is 23.8. The molecule has 8 heteroatoms. The van der Waals surface area contributed by atoms with Crippen molar-refractivity contribution in [2.75, 3.05) is 13.2 Å². The predicted octanol–water partition coefficient (Wildman–Crippen LogP) is 3.43. The number of aliphatic carboxylic acids is 1. The number of carbonyl (C=O) groups excluding carboxylic acids is 2. The van der Waals surface area contributed by atoms with Crippen molar-refractivity contribution in [3.05, 3.63) is 59.7 Å². The number of carboxylic acids is 1. The number of carboxylic acid groups (broad SMARTS) is 1. The second-order valence-electron chi connectivity index (χ2n) is 9.23. The smallest absolute Gasteiger partial charge is 0.407 e. The molecule has 1 saturated carbocycles. The van der Waals surface area contributed by atoms with Crippen molar-refractivity contribution < 1.29 is 29.3 Å². The van der Waals surface area contributed by atoms with Crippen LogP contribution in [0.15, 0.2) is 48.5 Å². The van der Waals surface area contributed by atoms with Gasteiger partial charge in [-0.05, 0) is 35.1 Å². The fourth-order valence-electron chi connectivity index (χ4n) is 5.25. The van der Waals surface area contributed by atoms with E-state index in [1.807, 2.05) is 24.3 Å². The average Bonchev–Trinajstić information content (AvgIpc) is 2.98. The molecule has 2 aromatic carbocycles. The zero-order valence-corrected chi connectivity index (χ0v) is 19.6. The van der Waals surface area contributed by atoms with E-state index in [-0.39, 0.29) is 25.6 Å². The van der Waals surface area contributed by atoms with E-state index in [4.69, 9.17) is 9.84 Å². The lowest BCUT2D eigenvalue weighted by Gasteiger charge is -2.27. The molecule has 8 nitrogen and oxygen atoms in total. The number of aliphatic hydroxyl groups is 1. The van der Waals surface area contributed by atoms with Crippen LogP contribution in [0.2, 0.25) is 0 Å². The highest BCUT2D eigenvalue weighted by molar-refractivity contribution is 5.86. The van der Waals surface area contributed by atoms with Crippen LogP contribution in [-0.2, 0) is 14.3 Å². The summed E-state index contributed by atoms with van der Waals surface area (Å²) in [6, 6.07) is 14.6. The van der Waals surface area contributed by atoms with Crippen LogP contribution in [0.1, 0.15) is 55.6 Å². The Balaban J connectivity index is 1.41. The molecular weight excluding hydrogens is 448 g/mol. The number of hydrogen-bond acceptors (Lipinski definition) is 5. The highest BCUT2D eigenvalue weighted by Crippen LogP contribution is 2.44. The van der Waals surface area contributed by atoms with E-state index >= 15 is 0 Å². The van der Waals surface area contributed by atoms with Gasteiger partial charge >= 0.3 is 12.1 Å². The van der Waals surface area contributed by atoms with Gasteiger partial charge in [0.2, 0.25) is 5.91 Å². The molecule has 2 amide bonds. The lowest BCUT2D eigenvalue weighted by atomic mass is 9.93. The van der Waals surface area contributed by atoms with E-state index in [0.717, 1.165) is 41.5 Å². The summed E-state index contributed by atoms with van der Waals surface area (Å²) in [7, 11) is 0. The number of amides is 2. The van der Waals surface area contributed by atoms with Crippen LogP contribution >= 0.6 is 0 Å². The highest BCUT2D eigenvalue weighted by Gasteiger charge is 2.34. The Morgan fingerprint density at radius 2 is 1.57 bits per heavy atom. The van der Waals surface area contributed by atoms with Crippen molar-refractivity contribution in [2.45, 2.75) is 56.5 Å². The monoisotopic (exact) mass is 480 g/mol. The Hall–Kier alpha value is -3.39. The van der Waals surface area contributed by atoms with Crippen LogP contribution in [0.25, 0.3) is 11.1 Å². The summed E-state index contributed by atoms with van der Waals surface area (Å²) in [5.74, 6) is -2.23. The molecule has 2 aliphatic carbocycles. The van der Waals surface area contributed by atoms with Crippen molar-refractivity contribution in [1.82, 2.24) is 10.6 Å². The van der Waals surface area contributed by atoms with Gasteiger partial charge in [-0.2, -0.15) is 0 Å². The largest absolute Gasteiger partial charge is 0.480 e. The first-order valence-electron chi connectivity index (χ1n) is 12.2. The maximum atomic E-state index is 12.9. The normalized spacial score (nSPS) is 20.1. The maximum Gasteiger partial charge on any atom is 0.407 e. The Bertz CT molecular complexity index is 1030. The molecule has 0 aliphatic heterocycles. The number of fused-ring (bicyclic) bond motifs is 3. The molecule has 2 aliphatic rings.